The van der Waals surface area contributed by atoms with Gasteiger partial charge >= 0.3 is 0 Å². The van der Waals surface area contributed by atoms with E-state index in [0.717, 1.165) is 11.4 Å². The quantitative estimate of drug-likeness (QED) is 0.592. The molecule has 4 nitrogen and oxygen atoms in total. The zero-order chi connectivity index (χ0) is 11.7. The van der Waals surface area contributed by atoms with Gasteiger partial charge in [-0.3, -0.25) is 9.93 Å². The summed E-state index contributed by atoms with van der Waals surface area (Å²) in [6, 6.07) is 8.30. The molecule has 0 bridgehead atoms. The molecule has 0 radical (unpaired) electrons. The third-order valence-corrected chi connectivity index (χ3v) is 2.10. The number of hydrogen-bond acceptors (Lipinski definition) is 4. The van der Waals surface area contributed by atoms with Gasteiger partial charge in [-0.15, -0.1) is 0 Å². The van der Waals surface area contributed by atoms with Gasteiger partial charge in [0.25, 0.3) is 0 Å². The number of hydrogen-bond donors (Lipinski definition) is 2. The van der Waals surface area contributed by atoms with Crippen molar-refractivity contribution in [2.45, 2.75) is 11.4 Å². The van der Waals surface area contributed by atoms with Crippen LogP contribution < -0.4 is 10.9 Å². The molecule has 0 fully saturated rings. The molecule has 0 aromatic heterocycles. The zero-order valence-electron chi connectivity index (χ0n) is 9.01. The van der Waals surface area contributed by atoms with E-state index in [2.05, 4.69) is 36.9 Å². The molecule has 0 heterocycles. The van der Waals surface area contributed by atoms with Gasteiger partial charge in [0.2, 0.25) is 6.41 Å². The van der Waals surface area contributed by atoms with Crippen molar-refractivity contribution < 1.29 is 4.79 Å². The van der Waals surface area contributed by atoms with Crippen molar-refractivity contribution in [2.75, 3.05) is 14.1 Å². The standard InChI is InChI=1S/C9H14N2S.CH3NO/c1-11(2)7-8-3-5-9(12-10)6-4-8;2-1-3/h3-6H,7,10H2,1-2H3;1H,(H2,2,3). The van der Waals surface area contributed by atoms with Crippen LogP contribution in [0.25, 0.3) is 0 Å². The first-order valence-corrected chi connectivity index (χ1v) is 5.27. The fraction of sp³-hybridized carbons (Fsp3) is 0.300. The minimum atomic E-state index is 0.250. The van der Waals surface area contributed by atoms with Crippen molar-refractivity contribution in [1.82, 2.24) is 4.90 Å². The first-order valence-electron chi connectivity index (χ1n) is 4.39. The molecule has 0 aliphatic rings. The van der Waals surface area contributed by atoms with E-state index >= 15 is 0 Å². The van der Waals surface area contributed by atoms with Gasteiger partial charge in [-0.05, 0) is 43.7 Å². The summed E-state index contributed by atoms with van der Waals surface area (Å²) in [5.41, 5.74) is 5.48. The van der Waals surface area contributed by atoms with Gasteiger partial charge in [0.1, 0.15) is 0 Å². The monoisotopic (exact) mass is 227 g/mol. The first kappa shape index (κ1) is 14.0. The summed E-state index contributed by atoms with van der Waals surface area (Å²) < 4.78 is 0. The molecule has 1 aromatic carbocycles. The Kier molecular flexibility index (Phi) is 7.71. The smallest absolute Gasteiger partial charge is 0.204 e. The van der Waals surface area contributed by atoms with E-state index in [9.17, 15) is 0 Å². The van der Waals surface area contributed by atoms with Crippen LogP contribution in [-0.4, -0.2) is 25.4 Å². The Morgan fingerprint density at radius 2 is 1.80 bits per heavy atom. The number of benzene rings is 1. The lowest BCUT2D eigenvalue weighted by molar-refractivity contribution is -0.106. The average molecular weight is 227 g/mol. The maximum absolute atomic E-state index is 8.58. The molecule has 0 unspecified atom stereocenters. The largest absolute Gasteiger partial charge is 0.372 e. The summed E-state index contributed by atoms with van der Waals surface area (Å²) >= 11 is 1.28. The Bertz CT molecular complexity index is 275. The second kappa shape index (κ2) is 8.28. The van der Waals surface area contributed by atoms with Crippen molar-refractivity contribution in [2.24, 2.45) is 10.9 Å². The Hall–Kier alpha value is -1.04. The number of primary amides is 1. The number of nitrogens with zero attached hydrogens (tertiary/aromatic N) is 1. The van der Waals surface area contributed by atoms with Crippen molar-refractivity contribution in [1.29, 1.82) is 0 Å². The SMILES string of the molecule is CN(C)Cc1ccc(SN)cc1.NC=O. The first-order chi connectivity index (χ1) is 7.13. The van der Waals surface area contributed by atoms with Crippen molar-refractivity contribution in [3.05, 3.63) is 29.8 Å². The second-order valence-electron chi connectivity index (χ2n) is 3.14. The maximum atomic E-state index is 8.58. The summed E-state index contributed by atoms with van der Waals surface area (Å²) in [6.45, 7) is 0.982. The molecular weight excluding hydrogens is 210 g/mol. The fourth-order valence-corrected chi connectivity index (χ4v) is 1.33. The van der Waals surface area contributed by atoms with Gasteiger partial charge < -0.3 is 10.6 Å². The Morgan fingerprint density at radius 3 is 2.13 bits per heavy atom. The molecule has 1 rings (SSSR count). The topological polar surface area (TPSA) is 72.3 Å². The molecule has 0 saturated heterocycles. The predicted octanol–water partition coefficient (Wildman–Crippen LogP) is 0.816. The number of carbonyl (C=O) groups excluding carboxylic acids is 1. The van der Waals surface area contributed by atoms with E-state index < -0.39 is 0 Å². The highest BCUT2D eigenvalue weighted by atomic mass is 32.2. The Balaban J connectivity index is 0.000000583. The molecule has 0 aliphatic heterocycles. The summed E-state index contributed by atoms with van der Waals surface area (Å²) in [5, 5.41) is 5.41. The molecule has 15 heavy (non-hydrogen) atoms. The van der Waals surface area contributed by atoms with E-state index in [0.29, 0.717) is 0 Å². The average Bonchev–Trinajstić information content (AvgIpc) is 2.19. The molecule has 5 heteroatoms. The van der Waals surface area contributed by atoms with Crippen LogP contribution >= 0.6 is 11.9 Å². The number of carbonyl (C=O) groups is 1. The van der Waals surface area contributed by atoms with Crippen molar-refractivity contribution >= 4 is 18.4 Å². The second-order valence-corrected chi connectivity index (χ2v) is 3.84. The molecule has 1 aromatic rings. The molecule has 0 aliphatic carbocycles. The van der Waals surface area contributed by atoms with Crippen LogP contribution in [0.1, 0.15) is 5.56 Å². The van der Waals surface area contributed by atoms with Gasteiger partial charge in [0.05, 0.1) is 0 Å². The van der Waals surface area contributed by atoms with Crippen LogP contribution in [0.3, 0.4) is 0 Å². The lowest BCUT2D eigenvalue weighted by Gasteiger charge is -2.09. The molecule has 0 atom stereocenters. The minimum Gasteiger partial charge on any atom is -0.372 e. The van der Waals surface area contributed by atoms with E-state index in [4.69, 9.17) is 9.93 Å². The number of rotatable bonds is 3. The molecular formula is C10H17N3OS. The summed E-state index contributed by atoms with van der Waals surface area (Å²) in [4.78, 5) is 11.8. The normalized spacial score (nSPS) is 9.33. The van der Waals surface area contributed by atoms with E-state index in [1.807, 2.05) is 12.1 Å². The highest BCUT2D eigenvalue weighted by Crippen LogP contribution is 2.12. The summed E-state index contributed by atoms with van der Waals surface area (Å²) in [6.07, 6.45) is 0.250. The molecule has 1 amide bonds. The van der Waals surface area contributed by atoms with Crippen LogP contribution in [0.2, 0.25) is 0 Å². The van der Waals surface area contributed by atoms with Crippen LogP contribution in [0.15, 0.2) is 29.2 Å². The third-order valence-electron chi connectivity index (χ3n) is 1.56. The molecule has 0 spiro atoms. The summed E-state index contributed by atoms with van der Waals surface area (Å²) in [7, 11) is 4.12. The summed E-state index contributed by atoms with van der Waals surface area (Å²) in [5.74, 6) is 0. The molecule has 84 valence electrons. The highest BCUT2D eigenvalue weighted by molar-refractivity contribution is 7.97. The van der Waals surface area contributed by atoms with Crippen LogP contribution in [0.4, 0.5) is 0 Å². The third kappa shape index (κ3) is 6.96. The van der Waals surface area contributed by atoms with Gasteiger partial charge in [0, 0.05) is 11.4 Å². The Labute approximate surface area is 94.8 Å². The van der Waals surface area contributed by atoms with E-state index in [1.54, 1.807) is 0 Å². The van der Waals surface area contributed by atoms with Crippen molar-refractivity contribution in [3.63, 3.8) is 0 Å². The van der Waals surface area contributed by atoms with Gasteiger partial charge in [0.15, 0.2) is 0 Å². The number of nitrogens with two attached hydrogens (primary N) is 2. The van der Waals surface area contributed by atoms with Gasteiger partial charge in [-0.25, -0.2) is 0 Å². The van der Waals surface area contributed by atoms with Gasteiger partial charge in [-0.1, -0.05) is 12.1 Å². The maximum Gasteiger partial charge on any atom is 0.204 e. The zero-order valence-corrected chi connectivity index (χ0v) is 9.83. The van der Waals surface area contributed by atoms with Gasteiger partial charge in [-0.2, -0.15) is 0 Å². The number of amides is 1. The highest BCUT2D eigenvalue weighted by Gasteiger charge is 1.94. The molecule has 4 N–H and O–H groups in total. The van der Waals surface area contributed by atoms with Crippen LogP contribution in [-0.2, 0) is 11.3 Å². The fourth-order valence-electron chi connectivity index (χ4n) is 1.04. The lowest BCUT2D eigenvalue weighted by atomic mass is 10.2. The van der Waals surface area contributed by atoms with Crippen molar-refractivity contribution in [3.8, 4) is 0 Å². The van der Waals surface area contributed by atoms with Crippen LogP contribution in [0, 0.1) is 0 Å². The predicted molar refractivity (Wildman–Crippen MR) is 64.1 cm³/mol. The van der Waals surface area contributed by atoms with Crippen LogP contribution in [0.5, 0.6) is 0 Å². The Morgan fingerprint density at radius 1 is 1.33 bits per heavy atom. The van der Waals surface area contributed by atoms with E-state index in [-0.39, 0.29) is 6.41 Å². The van der Waals surface area contributed by atoms with E-state index in [1.165, 1.54) is 17.5 Å². The minimum absolute atomic E-state index is 0.250. The lowest BCUT2D eigenvalue weighted by Crippen LogP contribution is -2.10. The molecule has 0 saturated carbocycles.